The van der Waals surface area contributed by atoms with Gasteiger partial charge in [-0.1, -0.05) is 42.5 Å². The molecular weight excluding hydrogens is 349 g/mol. The lowest BCUT2D eigenvalue weighted by Gasteiger charge is -2.18. The Morgan fingerprint density at radius 2 is 1.57 bits per heavy atom. The summed E-state index contributed by atoms with van der Waals surface area (Å²) in [4.78, 5) is 9.87. The summed E-state index contributed by atoms with van der Waals surface area (Å²) in [5, 5.41) is 0. The van der Waals surface area contributed by atoms with Gasteiger partial charge in [0, 0.05) is 48.5 Å². The molecule has 0 atom stereocenters. The number of nitrogens with zero attached hydrogens (tertiary/aromatic N) is 2. The van der Waals surface area contributed by atoms with Crippen molar-refractivity contribution >= 4 is 0 Å². The van der Waals surface area contributed by atoms with Crippen molar-refractivity contribution in [3.05, 3.63) is 102 Å². The van der Waals surface area contributed by atoms with Gasteiger partial charge in [0.2, 0.25) is 0 Å². The van der Waals surface area contributed by atoms with Gasteiger partial charge in [-0.2, -0.15) is 0 Å². The molecule has 0 bridgehead atoms. The highest BCUT2D eigenvalue weighted by atomic mass is 19.1. The minimum absolute atomic E-state index is 0.229. The predicted molar refractivity (Wildman–Crippen MR) is 111 cm³/mol. The highest BCUT2D eigenvalue weighted by molar-refractivity contribution is 5.85. The standard InChI is InChI=1S/C24H22FN3/c1-28(16-18-5-3-2-4-6-18)17-23-24(20-11-13-26-14-12-20)22(15-27-23)19-7-9-21(25)10-8-19/h2-15,27H,16-17H2,1H3. The van der Waals surface area contributed by atoms with Gasteiger partial charge in [0.25, 0.3) is 0 Å². The quantitative estimate of drug-likeness (QED) is 0.484. The summed E-state index contributed by atoms with van der Waals surface area (Å²) >= 11 is 0. The number of hydrogen-bond donors (Lipinski definition) is 1. The van der Waals surface area contributed by atoms with Gasteiger partial charge in [-0.05, 0) is 48.0 Å². The molecule has 0 amide bonds. The second-order valence-corrected chi connectivity index (χ2v) is 6.96. The van der Waals surface area contributed by atoms with Gasteiger partial charge in [-0.25, -0.2) is 4.39 Å². The number of nitrogens with one attached hydrogen (secondary N) is 1. The Bertz CT molecular complexity index is 1020. The third-order valence-electron chi connectivity index (χ3n) is 4.81. The maximum atomic E-state index is 13.4. The van der Waals surface area contributed by atoms with Crippen molar-refractivity contribution in [2.75, 3.05) is 7.05 Å². The fourth-order valence-electron chi connectivity index (χ4n) is 3.52. The largest absolute Gasteiger partial charge is 0.363 e. The minimum atomic E-state index is -0.229. The van der Waals surface area contributed by atoms with Gasteiger partial charge in [0.15, 0.2) is 0 Å². The number of H-pyrrole nitrogens is 1. The van der Waals surface area contributed by atoms with Crippen LogP contribution in [0.25, 0.3) is 22.3 Å². The molecule has 0 spiro atoms. The summed E-state index contributed by atoms with van der Waals surface area (Å²) in [7, 11) is 2.11. The molecule has 4 rings (SSSR count). The van der Waals surface area contributed by atoms with E-state index in [2.05, 4.69) is 46.2 Å². The van der Waals surface area contributed by atoms with Crippen LogP contribution in [0.4, 0.5) is 4.39 Å². The number of halogens is 1. The number of hydrogen-bond acceptors (Lipinski definition) is 2. The molecule has 0 fully saturated rings. The van der Waals surface area contributed by atoms with Crippen LogP contribution < -0.4 is 0 Å². The van der Waals surface area contributed by atoms with Crippen LogP contribution in [-0.4, -0.2) is 21.9 Å². The van der Waals surface area contributed by atoms with Gasteiger partial charge in [0.05, 0.1) is 0 Å². The Hall–Kier alpha value is -3.24. The molecule has 1 N–H and O–H groups in total. The molecule has 0 aliphatic rings. The van der Waals surface area contributed by atoms with Crippen LogP contribution in [0.1, 0.15) is 11.3 Å². The molecule has 3 nitrogen and oxygen atoms in total. The topological polar surface area (TPSA) is 31.9 Å². The summed E-state index contributed by atoms with van der Waals surface area (Å²) in [6, 6.07) is 21.1. The lowest BCUT2D eigenvalue weighted by atomic mass is 9.97. The molecule has 0 saturated heterocycles. The highest BCUT2D eigenvalue weighted by Crippen LogP contribution is 2.35. The molecule has 2 aromatic heterocycles. The molecule has 0 radical (unpaired) electrons. The number of pyridine rings is 1. The number of aromatic nitrogens is 2. The van der Waals surface area contributed by atoms with E-state index in [1.54, 1.807) is 12.4 Å². The monoisotopic (exact) mass is 371 g/mol. The molecule has 140 valence electrons. The summed E-state index contributed by atoms with van der Waals surface area (Å²) in [6.45, 7) is 1.63. The maximum absolute atomic E-state index is 13.4. The van der Waals surface area contributed by atoms with Crippen molar-refractivity contribution < 1.29 is 4.39 Å². The second kappa shape index (κ2) is 8.19. The molecule has 0 aliphatic carbocycles. The van der Waals surface area contributed by atoms with E-state index in [4.69, 9.17) is 0 Å². The molecular formula is C24H22FN3. The lowest BCUT2D eigenvalue weighted by Crippen LogP contribution is -2.17. The molecule has 0 aliphatic heterocycles. The molecule has 0 saturated carbocycles. The normalized spacial score (nSPS) is 11.1. The fraction of sp³-hybridized carbons (Fsp3) is 0.125. The van der Waals surface area contributed by atoms with Crippen LogP contribution in [0.3, 0.4) is 0 Å². The van der Waals surface area contributed by atoms with E-state index in [1.165, 1.54) is 17.7 Å². The zero-order valence-corrected chi connectivity index (χ0v) is 15.8. The number of rotatable bonds is 6. The smallest absolute Gasteiger partial charge is 0.123 e. The van der Waals surface area contributed by atoms with E-state index in [9.17, 15) is 4.39 Å². The van der Waals surface area contributed by atoms with Crippen LogP contribution in [0.5, 0.6) is 0 Å². The first-order valence-corrected chi connectivity index (χ1v) is 9.30. The highest BCUT2D eigenvalue weighted by Gasteiger charge is 2.16. The summed E-state index contributed by atoms with van der Waals surface area (Å²) < 4.78 is 13.4. The zero-order chi connectivity index (χ0) is 19.3. The molecule has 2 aromatic carbocycles. The van der Waals surface area contributed by atoms with E-state index >= 15 is 0 Å². The summed E-state index contributed by atoms with van der Waals surface area (Å²) in [5.41, 5.74) is 6.69. The molecule has 4 heteroatoms. The van der Waals surface area contributed by atoms with Crippen molar-refractivity contribution in [2.45, 2.75) is 13.1 Å². The van der Waals surface area contributed by atoms with Gasteiger partial charge < -0.3 is 4.98 Å². The van der Waals surface area contributed by atoms with E-state index < -0.39 is 0 Å². The first-order chi connectivity index (χ1) is 13.7. The molecule has 4 aromatic rings. The van der Waals surface area contributed by atoms with Crippen LogP contribution in [-0.2, 0) is 13.1 Å². The molecule has 2 heterocycles. The van der Waals surface area contributed by atoms with Crippen LogP contribution in [0, 0.1) is 5.82 Å². The Kier molecular flexibility index (Phi) is 5.31. The Morgan fingerprint density at radius 1 is 0.857 bits per heavy atom. The van der Waals surface area contributed by atoms with Gasteiger partial charge in [-0.15, -0.1) is 0 Å². The zero-order valence-electron chi connectivity index (χ0n) is 15.8. The molecule has 28 heavy (non-hydrogen) atoms. The minimum Gasteiger partial charge on any atom is -0.363 e. The SMILES string of the molecule is CN(Cc1ccccc1)Cc1[nH]cc(-c2ccc(F)cc2)c1-c1ccncc1. The number of aromatic amines is 1. The predicted octanol–water partition coefficient (Wildman–Crippen LogP) is 5.51. The first-order valence-electron chi connectivity index (χ1n) is 9.30. The third kappa shape index (κ3) is 4.02. The number of benzene rings is 2. The fourth-order valence-corrected chi connectivity index (χ4v) is 3.52. The van der Waals surface area contributed by atoms with E-state index in [0.29, 0.717) is 0 Å². The van der Waals surface area contributed by atoms with Crippen molar-refractivity contribution in [3.8, 4) is 22.3 Å². The van der Waals surface area contributed by atoms with E-state index in [0.717, 1.165) is 41.0 Å². The van der Waals surface area contributed by atoms with Crippen LogP contribution in [0.2, 0.25) is 0 Å². The van der Waals surface area contributed by atoms with Gasteiger partial charge >= 0.3 is 0 Å². The maximum Gasteiger partial charge on any atom is 0.123 e. The van der Waals surface area contributed by atoms with Crippen molar-refractivity contribution in [1.82, 2.24) is 14.9 Å². The third-order valence-corrected chi connectivity index (χ3v) is 4.81. The van der Waals surface area contributed by atoms with Crippen molar-refractivity contribution in [2.24, 2.45) is 0 Å². The Labute approximate surface area is 164 Å². The van der Waals surface area contributed by atoms with Crippen LogP contribution in [0.15, 0.2) is 85.3 Å². The van der Waals surface area contributed by atoms with Crippen molar-refractivity contribution in [3.63, 3.8) is 0 Å². The van der Waals surface area contributed by atoms with E-state index in [1.807, 2.05) is 36.5 Å². The average molecular weight is 371 g/mol. The van der Waals surface area contributed by atoms with Gasteiger partial charge in [-0.3, -0.25) is 9.88 Å². The first kappa shape index (κ1) is 18.1. The van der Waals surface area contributed by atoms with Crippen molar-refractivity contribution in [1.29, 1.82) is 0 Å². The lowest BCUT2D eigenvalue weighted by molar-refractivity contribution is 0.316. The van der Waals surface area contributed by atoms with Gasteiger partial charge in [0.1, 0.15) is 5.82 Å². The average Bonchev–Trinajstić information content (AvgIpc) is 3.13. The second-order valence-electron chi connectivity index (χ2n) is 6.96. The summed E-state index contributed by atoms with van der Waals surface area (Å²) in [6.07, 6.45) is 5.61. The Balaban J connectivity index is 1.68. The summed E-state index contributed by atoms with van der Waals surface area (Å²) in [5.74, 6) is -0.229. The van der Waals surface area contributed by atoms with Crippen LogP contribution >= 0.6 is 0 Å². The van der Waals surface area contributed by atoms with E-state index in [-0.39, 0.29) is 5.82 Å². The molecule has 0 unspecified atom stereocenters. The Morgan fingerprint density at radius 3 is 2.29 bits per heavy atom.